The Hall–Kier alpha value is -2.53. The molecule has 1 saturated carbocycles. The zero-order chi connectivity index (χ0) is 22.2. The Morgan fingerprint density at radius 1 is 1.22 bits per heavy atom. The molecule has 1 N–H and O–H groups in total. The minimum atomic E-state index is -0.118. The second-order valence-corrected chi connectivity index (χ2v) is 9.54. The van der Waals surface area contributed by atoms with Crippen molar-refractivity contribution in [2.75, 3.05) is 13.1 Å². The first-order valence-corrected chi connectivity index (χ1v) is 11.8. The number of ether oxygens (including phenoxy) is 1. The SMILES string of the molecule is Cc1cc2ncc(CN3CC(Oc4ccc(C(=O)NC5CCC5)nc4)C3)cc2n(I)c1=O. The minimum absolute atomic E-state index is 0.00499. The highest BCUT2D eigenvalue weighted by atomic mass is 127. The van der Waals surface area contributed by atoms with Gasteiger partial charge < -0.3 is 10.1 Å². The smallest absolute Gasteiger partial charge is 0.270 e. The van der Waals surface area contributed by atoms with Crippen molar-refractivity contribution in [3.05, 3.63) is 63.8 Å². The van der Waals surface area contributed by atoms with E-state index < -0.39 is 0 Å². The summed E-state index contributed by atoms with van der Waals surface area (Å²) in [5.41, 5.74) is 3.83. The Kier molecular flexibility index (Phi) is 5.85. The molecule has 1 saturated heterocycles. The molecule has 0 aromatic carbocycles. The Morgan fingerprint density at radius 2 is 2.03 bits per heavy atom. The Morgan fingerprint density at radius 3 is 2.72 bits per heavy atom. The number of hydrogen-bond acceptors (Lipinski definition) is 6. The molecule has 166 valence electrons. The van der Waals surface area contributed by atoms with E-state index in [0.29, 0.717) is 23.0 Å². The molecular formula is C23H24IN5O3. The van der Waals surface area contributed by atoms with E-state index in [2.05, 4.69) is 20.2 Å². The predicted octanol–water partition coefficient (Wildman–Crippen LogP) is 2.84. The van der Waals surface area contributed by atoms with Crippen LogP contribution in [0.4, 0.5) is 0 Å². The van der Waals surface area contributed by atoms with Gasteiger partial charge >= 0.3 is 0 Å². The Balaban J connectivity index is 1.14. The highest BCUT2D eigenvalue weighted by Crippen LogP contribution is 2.22. The van der Waals surface area contributed by atoms with Crippen LogP contribution < -0.4 is 15.6 Å². The van der Waals surface area contributed by atoms with Gasteiger partial charge in [-0.2, -0.15) is 0 Å². The molecule has 1 amide bonds. The fourth-order valence-electron chi connectivity index (χ4n) is 3.96. The summed E-state index contributed by atoms with van der Waals surface area (Å²) >= 11 is 2.03. The molecule has 8 nitrogen and oxygen atoms in total. The lowest BCUT2D eigenvalue weighted by Crippen LogP contribution is -2.53. The van der Waals surface area contributed by atoms with Gasteiger partial charge in [0.1, 0.15) is 17.5 Å². The van der Waals surface area contributed by atoms with Crippen LogP contribution in [0.1, 0.15) is 40.9 Å². The predicted molar refractivity (Wildman–Crippen MR) is 129 cm³/mol. The summed E-state index contributed by atoms with van der Waals surface area (Å²) in [7, 11) is 0. The van der Waals surface area contributed by atoms with Gasteiger partial charge in [-0.15, -0.1) is 0 Å². The summed E-state index contributed by atoms with van der Waals surface area (Å²) in [6.07, 6.45) is 6.86. The molecule has 5 rings (SSSR count). The normalized spacial score (nSPS) is 17.1. The van der Waals surface area contributed by atoms with Crippen molar-refractivity contribution in [1.29, 1.82) is 0 Å². The molecule has 0 radical (unpaired) electrons. The maximum Gasteiger partial charge on any atom is 0.270 e. The zero-order valence-electron chi connectivity index (χ0n) is 17.8. The summed E-state index contributed by atoms with van der Waals surface area (Å²) in [4.78, 5) is 35.4. The number of rotatable bonds is 6. The van der Waals surface area contributed by atoms with Crippen molar-refractivity contribution in [2.45, 2.75) is 44.9 Å². The number of halogens is 1. The van der Waals surface area contributed by atoms with Gasteiger partial charge in [-0.1, -0.05) is 0 Å². The average molecular weight is 545 g/mol. The van der Waals surface area contributed by atoms with E-state index in [1.165, 1.54) is 6.42 Å². The van der Waals surface area contributed by atoms with Crippen molar-refractivity contribution in [3.63, 3.8) is 0 Å². The second kappa shape index (κ2) is 8.78. The largest absolute Gasteiger partial charge is 0.486 e. The van der Waals surface area contributed by atoms with Crippen molar-refractivity contribution < 1.29 is 9.53 Å². The number of carbonyl (C=O) groups is 1. The van der Waals surface area contributed by atoms with Crippen molar-refractivity contribution >= 4 is 39.8 Å². The Bertz CT molecular complexity index is 1220. The molecule has 2 fully saturated rings. The fourth-order valence-corrected chi connectivity index (χ4v) is 4.73. The molecule has 0 atom stereocenters. The van der Waals surface area contributed by atoms with Gasteiger partial charge in [-0.3, -0.25) is 19.5 Å². The van der Waals surface area contributed by atoms with Gasteiger partial charge in [0, 0.05) is 37.4 Å². The number of hydrogen-bond donors (Lipinski definition) is 1. The van der Waals surface area contributed by atoms with Crippen LogP contribution in [0.5, 0.6) is 5.75 Å². The van der Waals surface area contributed by atoms with Crippen LogP contribution in [0.2, 0.25) is 0 Å². The molecule has 0 bridgehead atoms. The van der Waals surface area contributed by atoms with Gasteiger partial charge in [0.05, 0.1) is 40.1 Å². The van der Waals surface area contributed by atoms with E-state index in [1.54, 1.807) is 28.0 Å². The first kappa shape index (κ1) is 21.3. The van der Waals surface area contributed by atoms with Crippen LogP contribution >= 0.6 is 22.9 Å². The quantitative estimate of drug-likeness (QED) is 0.480. The fraction of sp³-hybridized carbons (Fsp3) is 0.391. The molecular weight excluding hydrogens is 521 g/mol. The monoisotopic (exact) mass is 545 g/mol. The maximum atomic E-state index is 12.2. The number of fused-ring (bicyclic) bond motifs is 1. The molecule has 9 heteroatoms. The summed E-state index contributed by atoms with van der Waals surface area (Å²) in [5, 5.41) is 2.99. The first-order chi connectivity index (χ1) is 15.5. The maximum absolute atomic E-state index is 12.2. The topological polar surface area (TPSA) is 89.3 Å². The lowest BCUT2D eigenvalue weighted by molar-refractivity contribution is 0.0143. The second-order valence-electron chi connectivity index (χ2n) is 8.58. The molecule has 3 aromatic heterocycles. The standard InChI is InChI=1S/C23H24IN5O3/c1-14-7-20-21(29(24)23(14)31)8-15(9-25-20)11-28-12-18(13-28)32-17-5-6-19(26-10-17)22(30)27-16-3-2-4-16/h5-10,16,18H,2-4,11-13H2,1H3,(H,27,30). The van der Waals surface area contributed by atoms with Gasteiger partial charge in [0.2, 0.25) is 0 Å². The van der Waals surface area contributed by atoms with Crippen LogP contribution in [0.15, 0.2) is 41.5 Å². The van der Waals surface area contributed by atoms with Crippen molar-refractivity contribution in [2.24, 2.45) is 0 Å². The number of nitrogens with zero attached hydrogens (tertiary/aromatic N) is 4. The third-order valence-electron chi connectivity index (χ3n) is 6.08. The third kappa shape index (κ3) is 4.36. The number of carbonyl (C=O) groups excluding carboxylic acids is 1. The molecule has 4 heterocycles. The van der Waals surface area contributed by atoms with Crippen molar-refractivity contribution in [3.8, 4) is 5.75 Å². The summed E-state index contributed by atoms with van der Waals surface area (Å²) in [5.74, 6) is 0.554. The van der Waals surface area contributed by atoms with Crippen LogP contribution in [-0.4, -0.2) is 48.8 Å². The molecule has 0 unspecified atom stereocenters. The van der Waals surface area contributed by atoms with E-state index in [0.717, 1.165) is 49.1 Å². The number of aromatic nitrogens is 3. The highest BCUT2D eigenvalue weighted by Gasteiger charge is 2.29. The van der Waals surface area contributed by atoms with Gasteiger partial charge in [-0.05, 0) is 56.0 Å². The molecule has 3 aromatic rings. The Labute approximate surface area is 199 Å². The summed E-state index contributed by atoms with van der Waals surface area (Å²) < 4.78 is 7.62. The summed E-state index contributed by atoms with van der Waals surface area (Å²) in [6, 6.07) is 7.68. The molecule has 32 heavy (non-hydrogen) atoms. The van der Waals surface area contributed by atoms with Gasteiger partial charge in [0.15, 0.2) is 0 Å². The van der Waals surface area contributed by atoms with Crippen LogP contribution in [-0.2, 0) is 6.54 Å². The number of pyridine rings is 3. The minimum Gasteiger partial charge on any atom is -0.486 e. The number of nitrogens with one attached hydrogen (secondary N) is 1. The van der Waals surface area contributed by atoms with Gasteiger partial charge in [0.25, 0.3) is 11.5 Å². The van der Waals surface area contributed by atoms with E-state index in [1.807, 2.05) is 41.2 Å². The van der Waals surface area contributed by atoms with Crippen LogP contribution in [0.25, 0.3) is 11.0 Å². The zero-order valence-corrected chi connectivity index (χ0v) is 19.9. The lowest BCUT2D eigenvalue weighted by Gasteiger charge is -2.38. The lowest BCUT2D eigenvalue weighted by atomic mass is 9.93. The number of aryl methyl sites for hydroxylation is 1. The highest BCUT2D eigenvalue weighted by molar-refractivity contribution is 14.1. The van der Waals surface area contributed by atoms with E-state index >= 15 is 0 Å². The molecule has 1 aliphatic carbocycles. The first-order valence-electron chi connectivity index (χ1n) is 10.8. The molecule has 1 aliphatic heterocycles. The number of likely N-dealkylation sites (tertiary alicyclic amines) is 1. The molecule has 2 aliphatic rings. The molecule has 0 spiro atoms. The van der Waals surface area contributed by atoms with Crippen molar-refractivity contribution in [1.82, 2.24) is 23.0 Å². The van der Waals surface area contributed by atoms with Crippen LogP contribution in [0.3, 0.4) is 0 Å². The third-order valence-corrected chi connectivity index (χ3v) is 7.03. The van der Waals surface area contributed by atoms with E-state index in [-0.39, 0.29) is 17.6 Å². The number of amides is 1. The van der Waals surface area contributed by atoms with E-state index in [9.17, 15) is 9.59 Å². The van der Waals surface area contributed by atoms with Gasteiger partial charge in [-0.25, -0.2) is 7.76 Å². The van der Waals surface area contributed by atoms with Crippen LogP contribution in [0, 0.1) is 6.92 Å². The average Bonchev–Trinajstić information content (AvgIpc) is 2.74. The summed E-state index contributed by atoms with van der Waals surface area (Å²) in [6.45, 7) is 4.15. The van der Waals surface area contributed by atoms with E-state index in [4.69, 9.17) is 4.74 Å².